The van der Waals surface area contributed by atoms with E-state index in [0.717, 1.165) is 0 Å². The summed E-state index contributed by atoms with van der Waals surface area (Å²) in [7, 11) is -1.97. The maximum atomic E-state index is 5.66. The molecular weight excluding hydrogens is 271 g/mol. The van der Waals surface area contributed by atoms with E-state index in [1.807, 2.05) is 6.92 Å². The highest BCUT2D eigenvalue weighted by Crippen LogP contribution is 2.27. The third kappa shape index (κ3) is 4.02. The van der Waals surface area contributed by atoms with Crippen LogP contribution in [0.1, 0.15) is 6.92 Å². The van der Waals surface area contributed by atoms with Gasteiger partial charge in [0.05, 0.1) is 0 Å². The summed E-state index contributed by atoms with van der Waals surface area (Å²) in [6.45, 7) is 2.46. The smallest absolute Gasteiger partial charge is 0.288 e. The Balaban J connectivity index is 4.07. The van der Waals surface area contributed by atoms with Gasteiger partial charge in [0.2, 0.25) is 0 Å². The predicted molar refractivity (Wildman–Crippen MR) is 54.5 cm³/mol. The van der Waals surface area contributed by atoms with Crippen LogP contribution in [-0.4, -0.2) is 24.5 Å². The summed E-state index contributed by atoms with van der Waals surface area (Å²) in [5.41, 5.74) is 0. The minimum absolute atomic E-state index is 0.604. The number of halogens is 5. The summed E-state index contributed by atoms with van der Waals surface area (Å²) >= 11 is 28.2. The second kappa shape index (κ2) is 4.77. The van der Waals surface area contributed by atoms with Crippen LogP contribution in [-0.2, 0) is 0 Å². The van der Waals surface area contributed by atoms with Crippen LogP contribution in [0, 0.1) is 0 Å². The highest BCUT2D eigenvalue weighted by Gasteiger charge is 2.37. The van der Waals surface area contributed by atoms with E-state index in [0.29, 0.717) is 6.54 Å². The molecule has 62 valence electrons. The number of hydrogen-bond donors (Lipinski definition) is 0. The molecule has 0 saturated carbocycles. The summed E-state index contributed by atoms with van der Waals surface area (Å²) in [5.74, 6) is 0. The van der Waals surface area contributed by atoms with E-state index in [4.69, 9.17) is 55.4 Å². The topological polar surface area (TPSA) is 3.24 Å². The standard InChI is InChI=1S/C2H6Cl5NSi2/c1-2-8(9(3)4)10(5,6)7/h9H,2H2,1H3. The molecule has 1 nitrogen and oxygen atoms in total. The highest BCUT2D eigenvalue weighted by atomic mass is 35.8. The van der Waals surface area contributed by atoms with Gasteiger partial charge in [-0.15, -0.1) is 55.4 Å². The van der Waals surface area contributed by atoms with Crippen LogP contribution in [0.2, 0.25) is 0 Å². The first-order chi connectivity index (χ1) is 4.39. The molecule has 0 unspecified atom stereocenters. The maximum absolute atomic E-state index is 5.66. The van der Waals surface area contributed by atoms with Crippen molar-refractivity contribution in [3.8, 4) is 0 Å². The summed E-state index contributed by atoms with van der Waals surface area (Å²) in [4.78, 5) is 0. The Bertz CT molecular complexity index is 102. The molecular formula is C2H6Cl5NSi2. The molecule has 0 saturated heterocycles. The van der Waals surface area contributed by atoms with Crippen LogP contribution in [0.5, 0.6) is 0 Å². The molecule has 0 aromatic rings. The third-order valence-electron chi connectivity index (χ3n) is 0.902. The van der Waals surface area contributed by atoms with Crippen molar-refractivity contribution < 1.29 is 0 Å². The average molecular weight is 278 g/mol. The Hall–Kier alpha value is 1.84. The lowest BCUT2D eigenvalue weighted by Gasteiger charge is -2.25. The molecule has 0 fully saturated rings. The molecule has 0 aliphatic carbocycles. The maximum Gasteiger partial charge on any atom is 0.419 e. The van der Waals surface area contributed by atoms with E-state index < -0.39 is 13.7 Å². The molecule has 0 aliphatic heterocycles. The SMILES string of the molecule is CCN([SiH](Cl)Cl)[Si](Cl)(Cl)Cl. The normalized spacial score (nSPS) is 13.2. The summed E-state index contributed by atoms with van der Waals surface area (Å²) in [6.07, 6.45) is -2.80. The first-order valence-electron chi connectivity index (χ1n) is 2.51. The zero-order chi connectivity index (χ0) is 8.36. The van der Waals surface area contributed by atoms with Gasteiger partial charge in [-0.25, -0.2) is 0 Å². The Morgan fingerprint density at radius 2 is 1.70 bits per heavy atom. The van der Waals surface area contributed by atoms with Gasteiger partial charge in [-0.05, 0) is 6.54 Å². The Kier molecular flexibility index (Phi) is 5.65. The van der Waals surface area contributed by atoms with Crippen molar-refractivity contribution >= 4 is 69.1 Å². The van der Waals surface area contributed by atoms with Crippen LogP contribution in [0.4, 0.5) is 0 Å². The lowest BCUT2D eigenvalue weighted by atomic mass is 10.8. The van der Waals surface area contributed by atoms with E-state index >= 15 is 0 Å². The van der Waals surface area contributed by atoms with Gasteiger partial charge in [0, 0.05) is 0 Å². The van der Waals surface area contributed by atoms with Crippen molar-refractivity contribution in [2.24, 2.45) is 0 Å². The largest absolute Gasteiger partial charge is 0.419 e. The van der Waals surface area contributed by atoms with Crippen LogP contribution >= 0.6 is 55.4 Å². The van der Waals surface area contributed by atoms with Gasteiger partial charge < -0.3 is 0 Å². The molecule has 0 aromatic heterocycles. The monoisotopic (exact) mass is 275 g/mol. The quantitative estimate of drug-likeness (QED) is 0.566. The molecule has 0 bridgehead atoms. The molecule has 8 heteroatoms. The average Bonchev–Trinajstić information content (AvgIpc) is 1.60. The van der Waals surface area contributed by atoms with E-state index in [9.17, 15) is 0 Å². The first kappa shape index (κ1) is 11.8. The van der Waals surface area contributed by atoms with Crippen molar-refractivity contribution in [3.05, 3.63) is 0 Å². The fraction of sp³-hybridized carbons (Fsp3) is 1.00. The fourth-order valence-electron chi connectivity index (χ4n) is 0.428. The second-order valence-electron chi connectivity index (χ2n) is 1.53. The van der Waals surface area contributed by atoms with Gasteiger partial charge in [0.25, 0.3) is 0 Å². The van der Waals surface area contributed by atoms with E-state index in [2.05, 4.69) is 0 Å². The molecule has 0 spiro atoms. The van der Waals surface area contributed by atoms with Gasteiger partial charge in [-0.2, -0.15) is 0 Å². The molecule has 0 amide bonds. The third-order valence-corrected chi connectivity index (χ3v) is 10.5. The van der Waals surface area contributed by atoms with E-state index in [1.165, 1.54) is 0 Å². The van der Waals surface area contributed by atoms with E-state index in [1.54, 1.807) is 4.23 Å². The number of hydrogen-bond acceptors (Lipinski definition) is 1. The predicted octanol–water partition coefficient (Wildman–Crippen LogP) is 2.66. The Morgan fingerprint density at radius 1 is 1.30 bits per heavy atom. The Morgan fingerprint density at radius 3 is 1.70 bits per heavy atom. The van der Waals surface area contributed by atoms with Crippen LogP contribution in [0.3, 0.4) is 0 Å². The van der Waals surface area contributed by atoms with Crippen LogP contribution < -0.4 is 0 Å². The molecule has 0 aromatic carbocycles. The van der Waals surface area contributed by atoms with Crippen LogP contribution in [0.25, 0.3) is 0 Å². The van der Waals surface area contributed by atoms with Gasteiger partial charge in [-0.3, -0.25) is 4.23 Å². The van der Waals surface area contributed by atoms with Gasteiger partial charge >= 0.3 is 13.7 Å². The molecule has 10 heavy (non-hydrogen) atoms. The highest BCUT2D eigenvalue weighted by molar-refractivity contribution is 7.66. The minimum Gasteiger partial charge on any atom is -0.288 e. The van der Waals surface area contributed by atoms with Crippen molar-refractivity contribution in [3.63, 3.8) is 0 Å². The van der Waals surface area contributed by atoms with Crippen molar-refractivity contribution in [1.29, 1.82) is 0 Å². The van der Waals surface area contributed by atoms with Gasteiger partial charge in [-0.1, -0.05) is 6.92 Å². The van der Waals surface area contributed by atoms with E-state index in [-0.39, 0.29) is 0 Å². The van der Waals surface area contributed by atoms with Gasteiger partial charge in [0.15, 0.2) is 0 Å². The number of rotatable bonds is 3. The number of nitrogens with zero attached hydrogens (tertiary/aromatic N) is 1. The summed E-state index contributed by atoms with van der Waals surface area (Å²) in [6, 6.07) is 0. The lowest BCUT2D eigenvalue weighted by molar-refractivity contribution is 0.721. The Labute approximate surface area is 86.4 Å². The molecule has 0 rings (SSSR count). The zero-order valence-electron chi connectivity index (χ0n) is 5.12. The van der Waals surface area contributed by atoms with Gasteiger partial charge in [0.1, 0.15) is 0 Å². The lowest BCUT2D eigenvalue weighted by Crippen LogP contribution is -2.45. The first-order valence-corrected chi connectivity index (χ1v) is 11.5. The van der Waals surface area contributed by atoms with Crippen molar-refractivity contribution in [1.82, 2.24) is 4.23 Å². The van der Waals surface area contributed by atoms with Crippen LogP contribution in [0.15, 0.2) is 0 Å². The summed E-state index contributed by atoms with van der Waals surface area (Å²) < 4.78 is 1.58. The molecule has 0 atom stereocenters. The van der Waals surface area contributed by atoms with Crippen molar-refractivity contribution in [2.75, 3.05) is 6.54 Å². The molecule has 0 N–H and O–H groups in total. The second-order valence-corrected chi connectivity index (χ2v) is 14.6. The molecule has 0 radical (unpaired) electrons. The molecule has 0 aliphatic rings. The summed E-state index contributed by atoms with van der Waals surface area (Å²) in [5, 5.41) is 0. The zero-order valence-corrected chi connectivity index (χ0v) is 11.1. The van der Waals surface area contributed by atoms with Crippen molar-refractivity contribution in [2.45, 2.75) is 6.92 Å². The minimum atomic E-state index is -2.80. The fourth-order valence-corrected chi connectivity index (χ4v) is 11.8. The molecule has 0 heterocycles.